The molecule has 2 nitrogen and oxygen atoms in total. The van der Waals surface area contributed by atoms with Gasteiger partial charge < -0.3 is 10.1 Å². The standard InChI is InChI=1S/C13H23NO/c1-3-4-5-6-7-8-9-13-12(2)14-10-11-15-13/h10-11,14H,3-9H2,1-2H3. The van der Waals surface area contributed by atoms with E-state index in [9.17, 15) is 0 Å². The van der Waals surface area contributed by atoms with E-state index in [1.807, 2.05) is 6.20 Å². The molecule has 0 unspecified atom stereocenters. The molecule has 0 spiro atoms. The highest BCUT2D eigenvalue weighted by Crippen LogP contribution is 2.17. The summed E-state index contributed by atoms with van der Waals surface area (Å²) in [4.78, 5) is 0. The Kier molecular flexibility index (Phi) is 5.98. The summed E-state index contributed by atoms with van der Waals surface area (Å²) < 4.78 is 5.45. The molecular formula is C13H23NO. The normalized spacial score (nSPS) is 15.1. The fourth-order valence-corrected chi connectivity index (χ4v) is 1.76. The maximum Gasteiger partial charge on any atom is 0.122 e. The maximum absolute atomic E-state index is 5.45. The molecule has 1 aliphatic rings. The molecule has 1 N–H and O–H groups in total. The van der Waals surface area contributed by atoms with Crippen molar-refractivity contribution < 1.29 is 4.74 Å². The zero-order valence-corrected chi connectivity index (χ0v) is 10.0. The summed E-state index contributed by atoms with van der Waals surface area (Å²) in [6.07, 6.45) is 12.6. The van der Waals surface area contributed by atoms with Crippen LogP contribution in [0.25, 0.3) is 0 Å². The number of hydrogen-bond donors (Lipinski definition) is 1. The van der Waals surface area contributed by atoms with Crippen molar-refractivity contribution in [3.05, 3.63) is 23.9 Å². The van der Waals surface area contributed by atoms with E-state index < -0.39 is 0 Å². The highest BCUT2D eigenvalue weighted by molar-refractivity contribution is 5.10. The predicted octanol–water partition coefficient (Wildman–Crippen LogP) is 4.06. The van der Waals surface area contributed by atoms with Crippen LogP contribution in [0.2, 0.25) is 0 Å². The van der Waals surface area contributed by atoms with E-state index in [0.717, 1.165) is 17.9 Å². The van der Waals surface area contributed by atoms with Crippen molar-refractivity contribution in [1.82, 2.24) is 5.32 Å². The summed E-state index contributed by atoms with van der Waals surface area (Å²) in [5.41, 5.74) is 1.16. The van der Waals surface area contributed by atoms with Gasteiger partial charge in [0.2, 0.25) is 0 Å². The first-order valence-electron chi connectivity index (χ1n) is 6.12. The lowest BCUT2D eigenvalue weighted by molar-refractivity contribution is 0.309. The van der Waals surface area contributed by atoms with Crippen LogP contribution in [-0.4, -0.2) is 0 Å². The van der Waals surface area contributed by atoms with Crippen LogP contribution < -0.4 is 5.32 Å². The zero-order valence-electron chi connectivity index (χ0n) is 10.0. The van der Waals surface area contributed by atoms with Gasteiger partial charge in [0, 0.05) is 12.6 Å². The highest BCUT2D eigenvalue weighted by atomic mass is 16.5. The van der Waals surface area contributed by atoms with Crippen molar-refractivity contribution in [2.24, 2.45) is 0 Å². The summed E-state index contributed by atoms with van der Waals surface area (Å²) >= 11 is 0. The van der Waals surface area contributed by atoms with Crippen molar-refractivity contribution in [3.8, 4) is 0 Å². The minimum Gasteiger partial charge on any atom is -0.466 e. The summed E-state index contributed by atoms with van der Waals surface area (Å²) in [5, 5.41) is 3.17. The molecular weight excluding hydrogens is 186 g/mol. The molecule has 0 saturated carbocycles. The molecule has 0 amide bonds. The number of ether oxygens (including phenoxy) is 1. The van der Waals surface area contributed by atoms with E-state index in [-0.39, 0.29) is 0 Å². The first-order chi connectivity index (χ1) is 7.34. The number of allylic oxidation sites excluding steroid dienone is 2. The van der Waals surface area contributed by atoms with Crippen LogP contribution >= 0.6 is 0 Å². The Labute approximate surface area is 93.4 Å². The average Bonchev–Trinajstić information content (AvgIpc) is 2.25. The van der Waals surface area contributed by atoms with Gasteiger partial charge in [-0.15, -0.1) is 0 Å². The van der Waals surface area contributed by atoms with Gasteiger partial charge in [0.1, 0.15) is 12.0 Å². The van der Waals surface area contributed by atoms with Crippen molar-refractivity contribution in [2.45, 2.75) is 58.8 Å². The van der Waals surface area contributed by atoms with E-state index in [1.165, 1.54) is 38.5 Å². The smallest absolute Gasteiger partial charge is 0.122 e. The van der Waals surface area contributed by atoms with Gasteiger partial charge in [0.25, 0.3) is 0 Å². The zero-order chi connectivity index (χ0) is 10.9. The van der Waals surface area contributed by atoms with Gasteiger partial charge in [-0.1, -0.05) is 39.0 Å². The Balaban J connectivity index is 2.04. The molecule has 0 radical (unpaired) electrons. The molecule has 86 valence electrons. The third kappa shape index (κ3) is 4.91. The second-order valence-corrected chi connectivity index (χ2v) is 4.13. The van der Waals surface area contributed by atoms with Gasteiger partial charge in [-0.2, -0.15) is 0 Å². The first-order valence-corrected chi connectivity index (χ1v) is 6.12. The van der Waals surface area contributed by atoms with E-state index in [0.29, 0.717) is 0 Å². The average molecular weight is 209 g/mol. The largest absolute Gasteiger partial charge is 0.466 e. The minimum absolute atomic E-state index is 1.06. The first kappa shape index (κ1) is 12.2. The van der Waals surface area contributed by atoms with E-state index in [4.69, 9.17) is 4.74 Å². The Bertz CT molecular complexity index is 231. The maximum atomic E-state index is 5.45. The molecule has 0 aromatic carbocycles. The topological polar surface area (TPSA) is 21.3 Å². The van der Waals surface area contributed by atoms with Gasteiger partial charge >= 0.3 is 0 Å². The molecule has 1 heterocycles. The summed E-state index contributed by atoms with van der Waals surface area (Å²) in [6, 6.07) is 0. The molecule has 0 atom stereocenters. The highest BCUT2D eigenvalue weighted by Gasteiger charge is 2.05. The van der Waals surface area contributed by atoms with Crippen LogP contribution in [0.5, 0.6) is 0 Å². The third-order valence-corrected chi connectivity index (χ3v) is 2.75. The molecule has 0 bridgehead atoms. The predicted molar refractivity (Wildman–Crippen MR) is 64.1 cm³/mol. The quantitative estimate of drug-likeness (QED) is 0.638. The molecule has 1 aliphatic heterocycles. The molecule has 0 saturated heterocycles. The Morgan fingerprint density at radius 1 is 1.13 bits per heavy atom. The summed E-state index contributed by atoms with van der Waals surface area (Å²) in [5.74, 6) is 1.10. The fourth-order valence-electron chi connectivity index (χ4n) is 1.76. The van der Waals surface area contributed by atoms with E-state index in [2.05, 4.69) is 19.2 Å². The second kappa shape index (κ2) is 7.38. The van der Waals surface area contributed by atoms with Gasteiger partial charge in [0.05, 0.1) is 5.70 Å². The minimum atomic E-state index is 1.06. The lowest BCUT2D eigenvalue weighted by atomic mass is 10.1. The Morgan fingerprint density at radius 3 is 2.60 bits per heavy atom. The van der Waals surface area contributed by atoms with Gasteiger partial charge in [0.15, 0.2) is 0 Å². The van der Waals surface area contributed by atoms with Crippen LogP contribution in [0, 0.1) is 0 Å². The third-order valence-electron chi connectivity index (χ3n) is 2.75. The number of hydrogen-bond acceptors (Lipinski definition) is 2. The Morgan fingerprint density at radius 2 is 1.87 bits per heavy atom. The number of nitrogens with one attached hydrogen (secondary N) is 1. The van der Waals surface area contributed by atoms with Crippen LogP contribution in [0.4, 0.5) is 0 Å². The van der Waals surface area contributed by atoms with Gasteiger partial charge in [-0.25, -0.2) is 0 Å². The lowest BCUT2D eigenvalue weighted by Crippen LogP contribution is -2.10. The molecule has 0 fully saturated rings. The SMILES string of the molecule is CCCCCCCCC1=C(C)NC=CO1. The fraction of sp³-hybridized carbons (Fsp3) is 0.692. The molecule has 1 rings (SSSR count). The van der Waals surface area contributed by atoms with Crippen molar-refractivity contribution in [1.29, 1.82) is 0 Å². The van der Waals surface area contributed by atoms with Crippen molar-refractivity contribution >= 4 is 0 Å². The van der Waals surface area contributed by atoms with Crippen LogP contribution in [0.15, 0.2) is 23.9 Å². The van der Waals surface area contributed by atoms with Crippen molar-refractivity contribution in [3.63, 3.8) is 0 Å². The lowest BCUT2D eigenvalue weighted by Gasteiger charge is -2.15. The van der Waals surface area contributed by atoms with Crippen molar-refractivity contribution in [2.75, 3.05) is 0 Å². The van der Waals surface area contributed by atoms with Gasteiger partial charge in [-0.3, -0.25) is 0 Å². The van der Waals surface area contributed by atoms with E-state index in [1.54, 1.807) is 6.26 Å². The molecule has 0 aliphatic carbocycles. The monoisotopic (exact) mass is 209 g/mol. The molecule has 0 aromatic rings. The van der Waals surface area contributed by atoms with Crippen LogP contribution in [0.3, 0.4) is 0 Å². The molecule has 2 heteroatoms. The number of rotatable bonds is 7. The van der Waals surface area contributed by atoms with E-state index >= 15 is 0 Å². The summed E-state index contributed by atoms with van der Waals surface area (Å²) in [7, 11) is 0. The van der Waals surface area contributed by atoms with Gasteiger partial charge in [-0.05, 0) is 13.3 Å². The summed E-state index contributed by atoms with van der Waals surface area (Å²) in [6.45, 7) is 4.32. The molecule has 15 heavy (non-hydrogen) atoms. The van der Waals surface area contributed by atoms with Crippen LogP contribution in [0.1, 0.15) is 58.8 Å². The molecule has 0 aromatic heterocycles. The Hall–Kier alpha value is -0.920. The number of unbranched alkanes of at least 4 members (excludes halogenated alkanes) is 5. The second-order valence-electron chi connectivity index (χ2n) is 4.13. The van der Waals surface area contributed by atoms with Crippen LogP contribution in [-0.2, 0) is 4.74 Å².